The minimum absolute atomic E-state index is 0.101. The Morgan fingerprint density at radius 3 is 1.98 bits per heavy atom. The molecule has 6 rings (SSSR count). The number of nitrogens with zero attached hydrogens (tertiary/aromatic N) is 3. The molecule has 47 heavy (non-hydrogen) atoms. The van der Waals surface area contributed by atoms with Gasteiger partial charge in [0, 0.05) is 43.6 Å². The van der Waals surface area contributed by atoms with E-state index in [9.17, 15) is 9.90 Å². The summed E-state index contributed by atoms with van der Waals surface area (Å²) < 4.78 is 2.07. The molecule has 0 aliphatic rings. The van der Waals surface area contributed by atoms with Crippen LogP contribution in [0.5, 0.6) is 0 Å². The highest BCUT2D eigenvalue weighted by Gasteiger charge is 2.16. The molecule has 6 heteroatoms. The molecule has 236 valence electrons. The van der Waals surface area contributed by atoms with E-state index >= 15 is 0 Å². The van der Waals surface area contributed by atoms with Crippen molar-refractivity contribution in [1.29, 1.82) is 0 Å². The second kappa shape index (κ2) is 15.8. The van der Waals surface area contributed by atoms with Gasteiger partial charge in [-0.1, -0.05) is 133 Å². The van der Waals surface area contributed by atoms with E-state index in [1.165, 1.54) is 11.1 Å². The lowest BCUT2D eigenvalue weighted by Crippen LogP contribution is -2.30. The van der Waals surface area contributed by atoms with Crippen LogP contribution in [0.1, 0.15) is 34.2 Å². The van der Waals surface area contributed by atoms with Gasteiger partial charge in [0.1, 0.15) is 5.82 Å². The number of hydrogen-bond acceptors (Lipinski definition) is 4. The molecule has 0 saturated heterocycles. The Labute approximate surface area is 277 Å². The van der Waals surface area contributed by atoms with E-state index in [-0.39, 0.29) is 12.3 Å². The van der Waals surface area contributed by atoms with Gasteiger partial charge < -0.3 is 15.0 Å². The summed E-state index contributed by atoms with van der Waals surface area (Å²) in [6.07, 6.45) is 2.50. The summed E-state index contributed by atoms with van der Waals surface area (Å²) >= 11 is 0. The van der Waals surface area contributed by atoms with Crippen LogP contribution >= 0.6 is 0 Å². The van der Waals surface area contributed by atoms with Crippen molar-refractivity contribution in [1.82, 2.24) is 14.5 Å². The standard InChI is InChI=1S/C41H40N4O2/c46-39(36-17-9-3-10-18-36)31-44(28-33-13-5-1-6-14-33)26-25-32-21-23-35(24-22-32)38-30-45(29-34-15-7-2-8-16-34)40(43-38)27-41(47)42-37-19-11-4-12-20-37/h1-24,30,39,46H,25-29,31H2,(H,42,47)/t39-/m0/s1. The quantitative estimate of drug-likeness (QED) is 0.132. The van der Waals surface area contributed by atoms with Gasteiger partial charge in [-0.2, -0.15) is 0 Å². The van der Waals surface area contributed by atoms with Crippen molar-refractivity contribution in [3.8, 4) is 11.3 Å². The molecule has 5 aromatic carbocycles. The third-order valence-corrected chi connectivity index (χ3v) is 8.26. The van der Waals surface area contributed by atoms with Crippen LogP contribution in [0.15, 0.2) is 152 Å². The molecule has 0 radical (unpaired) electrons. The monoisotopic (exact) mass is 620 g/mol. The van der Waals surface area contributed by atoms with Crippen LogP contribution < -0.4 is 5.32 Å². The number of aromatic nitrogens is 2. The summed E-state index contributed by atoms with van der Waals surface area (Å²) in [6.45, 7) is 2.76. The largest absolute Gasteiger partial charge is 0.387 e. The summed E-state index contributed by atoms with van der Waals surface area (Å²) in [5, 5.41) is 14.0. The van der Waals surface area contributed by atoms with Gasteiger partial charge in [-0.25, -0.2) is 4.98 Å². The van der Waals surface area contributed by atoms with Gasteiger partial charge in [0.25, 0.3) is 0 Å². The average Bonchev–Trinajstić information content (AvgIpc) is 3.50. The lowest BCUT2D eigenvalue weighted by molar-refractivity contribution is -0.115. The molecule has 1 heterocycles. The van der Waals surface area contributed by atoms with Crippen molar-refractivity contribution in [3.63, 3.8) is 0 Å². The highest BCUT2D eigenvalue weighted by Crippen LogP contribution is 2.22. The second-order valence-electron chi connectivity index (χ2n) is 11.8. The van der Waals surface area contributed by atoms with Crippen molar-refractivity contribution < 1.29 is 9.90 Å². The van der Waals surface area contributed by atoms with E-state index in [1.54, 1.807) is 0 Å². The normalized spacial score (nSPS) is 11.8. The average molecular weight is 621 g/mol. The Balaban J connectivity index is 1.15. The molecule has 0 saturated carbocycles. The summed E-state index contributed by atoms with van der Waals surface area (Å²) in [4.78, 5) is 20.2. The number of aliphatic hydroxyl groups is 1. The summed E-state index contributed by atoms with van der Waals surface area (Å²) in [7, 11) is 0. The highest BCUT2D eigenvalue weighted by atomic mass is 16.3. The fraction of sp³-hybridized carbons (Fsp3) is 0.171. The van der Waals surface area contributed by atoms with Crippen LogP contribution in [0, 0.1) is 0 Å². The third-order valence-electron chi connectivity index (χ3n) is 8.26. The molecule has 6 nitrogen and oxygen atoms in total. The van der Waals surface area contributed by atoms with Gasteiger partial charge in [0.15, 0.2) is 0 Å². The molecule has 0 aliphatic carbocycles. The molecule has 0 bridgehead atoms. The maximum absolute atomic E-state index is 13.0. The van der Waals surface area contributed by atoms with Gasteiger partial charge >= 0.3 is 0 Å². The molecule has 1 amide bonds. The molecule has 0 fully saturated rings. The fourth-order valence-electron chi connectivity index (χ4n) is 5.75. The number of aliphatic hydroxyl groups excluding tert-OH is 1. The molecular formula is C41H40N4O2. The number of amides is 1. The predicted octanol–water partition coefficient (Wildman–Crippen LogP) is 7.56. The smallest absolute Gasteiger partial charge is 0.231 e. The summed E-state index contributed by atoms with van der Waals surface area (Å²) in [6, 6.07) is 48.5. The van der Waals surface area contributed by atoms with Crippen molar-refractivity contribution in [2.75, 3.05) is 18.4 Å². The number of carbonyl (C=O) groups is 1. The SMILES string of the molecule is O=C(Cc1nc(-c2ccc(CCN(Cc3ccccc3)C[C@H](O)c3ccccc3)cc2)cn1Cc1ccccc1)Nc1ccccc1. The second-order valence-corrected chi connectivity index (χ2v) is 11.8. The van der Waals surface area contributed by atoms with Gasteiger partial charge in [-0.3, -0.25) is 9.69 Å². The zero-order valence-electron chi connectivity index (χ0n) is 26.5. The van der Waals surface area contributed by atoms with Crippen molar-refractivity contribution >= 4 is 11.6 Å². The van der Waals surface area contributed by atoms with Crippen LogP contribution in [0.3, 0.4) is 0 Å². The molecule has 0 aliphatic heterocycles. The van der Waals surface area contributed by atoms with Crippen molar-refractivity contribution in [3.05, 3.63) is 180 Å². The highest BCUT2D eigenvalue weighted by molar-refractivity contribution is 5.91. The molecular weight excluding hydrogens is 580 g/mol. The first-order valence-corrected chi connectivity index (χ1v) is 16.1. The van der Waals surface area contributed by atoms with Gasteiger partial charge in [0.05, 0.1) is 18.2 Å². The number of benzene rings is 5. The zero-order valence-corrected chi connectivity index (χ0v) is 26.5. The van der Waals surface area contributed by atoms with Gasteiger partial charge in [-0.15, -0.1) is 0 Å². The maximum Gasteiger partial charge on any atom is 0.231 e. The Bertz CT molecular complexity index is 1820. The lowest BCUT2D eigenvalue weighted by Gasteiger charge is -2.25. The number of anilines is 1. The van der Waals surface area contributed by atoms with E-state index in [0.29, 0.717) is 13.1 Å². The van der Waals surface area contributed by atoms with Crippen LogP contribution in [0.2, 0.25) is 0 Å². The Morgan fingerprint density at radius 2 is 1.32 bits per heavy atom. The summed E-state index contributed by atoms with van der Waals surface area (Å²) in [5.41, 5.74) is 7.13. The minimum Gasteiger partial charge on any atom is -0.387 e. The van der Waals surface area contributed by atoms with E-state index < -0.39 is 6.10 Å². The van der Waals surface area contributed by atoms with E-state index in [2.05, 4.69) is 75.4 Å². The zero-order chi connectivity index (χ0) is 32.3. The van der Waals surface area contributed by atoms with Crippen LogP contribution in [-0.4, -0.2) is 38.6 Å². The van der Waals surface area contributed by atoms with E-state index in [1.807, 2.05) is 91.1 Å². The summed E-state index contributed by atoms with van der Waals surface area (Å²) in [5.74, 6) is 0.616. The Hall–Kier alpha value is -5.30. The lowest BCUT2D eigenvalue weighted by atomic mass is 10.1. The van der Waals surface area contributed by atoms with Crippen LogP contribution in [0.25, 0.3) is 11.3 Å². The van der Waals surface area contributed by atoms with E-state index in [0.717, 1.165) is 53.4 Å². The number of para-hydroxylation sites is 1. The Kier molecular flexibility index (Phi) is 10.7. The Morgan fingerprint density at radius 1 is 0.723 bits per heavy atom. The first kappa shape index (κ1) is 31.7. The fourth-order valence-corrected chi connectivity index (χ4v) is 5.75. The third kappa shape index (κ3) is 9.13. The van der Waals surface area contributed by atoms with Crippen molar-refractivity contribution in [2.45, 2.75) is 32.0 Å². The van der Waals surface area contributed by atoms with Crippen LogP contribution in [0.4, 0.5) is 5.69 Å². The number of nitrogens with one attached hydrogen (secondary N) is 1. The molecule has 2 N–H and O–H groups in total. The number of hydrogen-bond donors (Lipinski definition) is 2. The molecule has 6 aromatic rings. The van der Waals surface area contributed by atoms with Crippen molar-refractivity contribution in [2.24, 2.45) is 0 Å². The van der Waals surface area contributed by atoms with E-state index in [4.69, 9.17) is 4.98 Å². The molecule has 0 spiro atoms. The van der Waals surface area contributed by atoms with Gasteiger partial charge in [0.2, 0.25) is 5.91 Å². The molecule has 0 unspecified atom stereocenters. The molecule has 1 atom stereocenters. The van der Waals surface area contributed by atoms with Gasteiger partial charge in [-0.05, 0) is 40.8 Å². The maximum atomic E-state index is 13.0. The topological polar surface area (TPSA) is 70.4 Å². The minimum atomic E-state index is -0.558. The first-order valence-electron chi connectivity index (χ1n) is 16.1. The number of rotatable bonds is 14. The predicted molar refractivity (Wildman–Crippen MR) is 189 cm³/mol. The molecule has 1 aromatic heterocycles. The number of carbonyl (C=O) groups excluding carboxylic acids is 1. The number of imidazole rings is 1. The van der Waals surface area contributed by atoms with Crippen LogP contribution in [-0.2, 0) is 30.7 Å². The first-order chi connectivity index (χ1) is 23.1.